The van der Waals surface area contributed by atoms with Gasteiger partial charge in [0.15, 0.2) is 11.6 Å². The zero-order valence-corrected chi connectivity index (χ0v) is 11.6. The highest BCUT2D eigenvalue weighted by atomic mass is 79.9. The fourth-order valence-electron chi connectivity index (χ4n) is 1.72. The van der Waals surface area contributed by atoms with Crippen molar-refractivity contribution >= 4 is 15.9 Å². The molecule has 0 saturated carbocycles. The number of methoxy groups -OCH3 is 1. The molecule has 2 nitrogen and oxygen atoms in total. The van der Waals surface area contributed by atoms with Crippen LogP contribution in [0.15, 0.2) is 40.9 Å². The number of benzene rings is 2. The number of aliphatic hydroxyl groups excluding tert-OH is 1. The molecule has 0 aliphatic rings. The van der Waals surface area contributed by atoms with Crippen molar-refractivity contribution in [3.63, 3.8) is 0 Å². The lowest BCUT2D eigenvalue weighted by Gasteiger charge is -2.13. The largest absolute Gasteiger partial charge is 0.494 e. The Morgan fingerprint density at radius 3 is 2.21 bits per heavy atom. The van der Waals surface area contributed by atoms with E-state index >= 15 is 0 Å². The molecular formula is C14H11BrF2O2. The van der Waals surface area contributed by atoms with Gasteiger partial charge in [0.05, 0.1) is 11.6 Å². The standard InChI is InChI=1S/C14H11BrF2O2/c1-19-13-7-9(3-5-12(13)17)14(18)8-2-4-11(16)10(15)6-8/h2-7,14,18H,1H3. The van der Waals surface area contributed by atoms with Crippen molar-refractivity contribution in [1.82, 2.24) is 0 Å². The van der Waals surface area contributed by atoms with Crippen LogP contribution in [0.5, 0.6) is 5.75 Å². The topological polar surface area (TPSA) is 29.5 Å². The molecule has 0 heterocycles. The molecule has 2 aromatic rings. The molecule has 0 fully saturated rings. The third-order valence-electron chi connectivity index (χ3n) is 2.75. The van der Waals surface area contributed by atoms with Crippen LogP contribution >= 0.6 is 15.9 Å². The summed E-state index contributed by atoms with van der Waals surface area (Å²) in [6, 6.07) is 8.30. The Balaban J connectivity index is 2.37. The number of rotatable bonds is 3. The van der Waals surface area contributed by atoms with Crippen molar-refractivity contribution in [3.8, 4) is 5.75 Å². The number of halogens is 3. The SMILES string of the molecule is COc1cc(C(O)c2ccc(F)c(Br)c2)ccc1F. The lowest BCUT2D eigenvalue weighted by molar-refractivity contribution is 0.219. The summed E-state index contributed by atoms with van der Waals surface area (Å²) in [6.07, 6.45) is -0.980. The molecule has 0 amide bonds. The predicted molar refractivity (Wildman–Crippen MR) is 71.1 cm³/mol. The predicted octanol–water partition coefficient (Wildman–Crippen LogP) is 3.82. The maximum absolute atomic E-state index is 13.3. The Labute approximate surface area is 117 Å². The summed E-state index contributed by atoms with van der Waals surface area (Å²) in [4.78, 5) is 0. The second-order valence-corrected chi connectivity index (χ2v) is 4.82. The van der Waals surface area contributed by atoms with Gasteiger partial charge in [0.2, 0.25) is 0 Å². The average molecular weight is 329 g/mol. The van der Waals surface area contributed by atoms with Gasteiger partial charge in [-0.15, -0.1) is 0 Å². The zero-order chi connectivity index (χ0) is 14.0. The summed E-state index contributed by atoms with van der Waals surface area (Å²) in [6.45, 7) is 0. The summed E-state index contributed by atoms with van der Waals surface area (Å²) in [7, 11) is 1.35. The van der Waals surface area contributed by atoms with E-state index in [1.54, 1.807) is 0 Å². The Morgan fingerprint density at radius 1 is 1.05 bits per heavy atom. The van der Waals surface area contributed by atoms with Gasteiger partial charge in [-0.25, -0.2) is 8.78 Å². The van der Waals surface area contributed by atoms with Crippen LogP contribution in [0.3, 0.4) is 0 Å². The second-order valence-electron chi connectivity index (χ2n) is 3.97. The molecule has 100 valence electrons. The molecule has 1 N–H and O–H groups in total. The van der Waals surface area contributed by atoms with E-state index in [2.05, 4.69) is 15.9 Å². The Hall–Kier alpha value is -1.46. The van der Waals surface area contributed by atoms with Crippen LogP contribution in [0, 0.1) is 11.6 Å². The van der Waals surface area contributed by atoms with E-state index in [9.17, 15) is 13.9 Å². The van der Waals surface area contributed by atoms with Crippen molar-refractivity contribution in [3.05, 3.63) is 63.6 Å². The second kappa shape index (κ2) is 5.67. The van der Waals surface area contributed by atoms with Crippen molar-refractivity contribution < 1.29 is 18.6 Å². The molecule has 2 rings (SSSR count). The summed E-state index contributed by atoms with van der Waals surface area (Å²) in [5.74, 6) is -0.857. The monoisotopic (exact) mass is 328 g/mol. The van der Waals surface area contributed by atoms with Gasteiger partial charge in [0.1, 0.15) is 11.9 Å². The molecule has 19 heavy (non-hydrogen) atoms. The van der Waals surface area contributed by atoms with E-state index in [0.717, 1.165) is 0 Å². The van der Waals surface area contributed by atoms with Gasteiger partial charge in [0, 0.05) is 0 Å². The van der Waals surface area contributed by atoms with Crippen LogP contribution in [0.25, 0.3) is 0 Å². The first-order valence-corrected chi connectivity index (χ1v) is 6.28. The van der Waals surface area contributed by atoms with Crippen LogP contribution in [-0.4, -0.2) is 12.2 Å². The fraction of sp³-hybridized carbons (Fsp3) is 0.143. The summed E-state index contributed by atoms with van der Waals surface area (Å²) >= 11 is 3.06. The lowest BCUT2D eigenvalue weighted by atomic mass is 10.0. The lowest BCUT2D eigenvalue weighted by Crippen LogP contribution is -2.01. The van der Waals surface area contributed by atoms with Crippen molar-refractivity contribution in [2.75, 3.05) is 7.11 Å². The number of ether oxygens (including phenoxy) is 1. The first-order valence-electron chi connectivity index (χ1n) is 5.49. The van der Waals surface area contributed by atoms with Crippen LogP contribution in [0.4, 0.5) is 8.78 Å². The minimum atomic E-state index is -0.980. The van der Waals surface area contributed by atoms with E-state index in [-0.39, 0.29) is 10.2 Å². The molecule has 1 atom stereocenters. The van der Waals surface area contributed by atoms with E-state index < -0.39 is 17.7 Å². The molecule has 0 spiro atoms. The van der Waals surface area contributed by atoms with Crippen LogP contribution in [0.1, 0.15) is 17.2 Å². The highest BCUT2D eigenvalue weighted by Crippen LogP contribution is 2.29. The van der Waals surface area contributed by atoms with Crippen molar-refractivity contribution in [1.29, 1.82) is 0 Å². The van der Waals surface area contributed by atoms with Gasteiger partial charge >= 0.3 is 0 Å². The van der Waals surface area contributed by atoms with E-state index in [0.29, 0.717) is 11.1 Å². The van der Waals surface area contributed by atoms with E-state index in [1.165, 1.54) is 43.5 Å². The first-order chi connectivity index (χ1) is 9.02. The van der Waals surface area contributed by atoms with E-state index in [4.69, 9.17) is 4.74 Å². The maximum atomic E-state index is 13.3. The molecular weight excluding hydrogens is 318 g/mol. The van der Waals surface area contributed by atoms with Crippen molar-refractivity contribution in [2.45, 2.75) is 6.10 Å². The van der Waals surface area contributed by atoms with Gasteiger partial charge in [-0.05, 0) is 51.3 Å². The highest BCUT2D eigenvalue weighted by molar-refractivity contribution is 9.10. The number of hydrogen-bond donors (Lipinski definition) is 1. The quantitative estimate of drug-likeness (QED) is 0.928. The van der Waals surface area contributed by atoms with Crippen LogP contribution < -0.4 is 4.74 Å². The van der Waals surface area contributed by atoms with Gasteiger partial charge < -0.3 is 9.84 Å². The Kier molecular flexibility index (Phi) is 4.17. The third kappa shape index (κ3) is 2.93. The zero-order valence-electron chi connectivity index (χ0n) is 10.0. The molecule has 0 aliphatic heterocycles. The van der Waals surface area contributed by atoms with Crippen LogP contribution in [0.2, 0.25) is 0 Å². The average Bonchev–Trinajstić information content (AvgIpc) is 2.41. The normalized spacial score (nSPS) is 12.3. The maximum Gasteiger partial charge on any atom is 0.165 e. The molecule has 0 saturated heterocycles. The number of hydrogen-bond acceptors (Lipinski definition) is 2. The molecule has 0 aromatic heterocycles. The fourth-order valence-corrected chi connectivity index (χ4v) is 2.12. The first kappa shape index (κ1) is 14.0. The number of aliphatic hydroxyl groups is 1. The van der Waals surface area contributed by atoms with Gasteiger partial charge in [0.25, 0.3) is 0 Å². The van der Waals surface area contributed by atoms with Crippen LogP contribution in [-0.2, 0) is 0 Å². The summed E-state index contributed by atoms with van der Waals surface area (Å²) in [5.41, 5.74) is 0.971. The smallest absolute Gasteiger partial charge is 0.165 e. The molecule has 5 heteroatoms. The summed E-state index contributed by atoms with van der Waals surface area (Å²) < 4.78 is 31.5. The third-order valence-corrected chi connectivity index (χ3v) is 3.36. The Bertz CT molecular complexity index is 602. The molecule has 0 radical (unpaired) electrons. The highest BCUT2D eigenvalue weighted by Gasteiger charge is 2.14. The minimum Gasteiger partial charge on any atom is -0.494 e. The molecule has 2 aromatic carbocycles. The van der Waals surface area contributed by atoms with Crippen molar-refractivity contribution in [2.24, 2.45) is 0 Å². The van der Waals surface area contributed by atoms with Gasteiger partial charge in [-0.1, -0.05) is 12.1 Å². The van der Waals surface area contributed by atoms with E-state index in [1.807, 2.05) is 0 Å². The molecule has 0 aliphatic carbocycles. The van der Waals surface area contributed by atoms with Gasteiger partial charge in [-0.3, -0.25) is 0 Å². The minimum absolute atomic E-state index is 0.0535. The Morgan fingerprint density at radius 2 is 1.63 bits per heavy atom. The van der Waals surface area contributed by atoms with Gasteiger partial charge in [-0.2, -0.15) is 0 Å². The molecule has 0 bridgehead atoms. The molecule has 1 unspecified atom stereocenters. The summed E-state index contributed by atoms with van der Waals surface area (Å²) in [5, 5.41) is 10.2.